The molecule has 2 bridgehead atoms. The number of fused-ring (bicyclic) bond motifs is 2. The van der Waals surface area contributed by atoms with E-state index in [1.54, 1.807) is 6.07 Å². The van der Waals surface area contributed by atoms with E-state index in [-0.39, 0.29) is 23.2 Å². The number of nitrogens with zero attached hydrogens (tertiary/aromatic N) is 1. The third-order valence-corrected chi connectivity index (χ3v) is 4.81. The van der Waals surface area contributed by atoms with Gasteiger partial charge in [0.1, 0.15) is 5.82 Å². The maximum absolute atomic E-state index is 13.9. The minimum atomic E-state index is -0.270. The molecule has 0 saturated carbocycles. The highest BCUT2D eigenvalue weighted by molar-refractivity contribution is 6.30. The van der Waals surface area contributed by atoms with Gasteiger partial charge in [0.15, 0.2) is 0 Å². The zero-order valence-electron chi connectivity index (χ0n) is 11.6. The molecule has 0 spiro atoms. The average molecular weight is 319 g/mol. The van der Waals surface area contributed by atoms with Crippen LogP contribution in [0, 0.1) is 5.82 Å². The molecule has 2 saturated heterocycles. The van der Waals surface area contributed by atoms with E-state index in [1.807, 2.05) is 12.1 Å². The molecule has 0 amide bonds. The molecule has 5 heteroatoms. The largest absolute Gasteiger partial charge is 0.311 e. The molecule has 0 aromatic heterocycles. The molecule has 2 atom stereocenters. The van der Waals surface area contributed by atoms with Crippen LogP contribution in [0.5, 0.6) is 0 Å². The number of nitrogens with one attached hydrogen (secondary N) is 1. The lowest BCUT2D eigenvalue weighted by Gasteiger charge is -2.35. The van der Waals surface area contributed by atoms with Crippen LogP contribution in [0.15, 0.2) is 18.2 Å². The van der Waals surface area contributed by atoms with Gasteiger partial charge < -0.3 is 5.32 Å². The van der Waals surface area contributed by atoms with E-state index in [4.69, 9.17) is 11.6 Å². The second kappa shape index (κ2) is 6.61. The van der Waals surface area contributed by atoms with Gasteiger partial charge in [-0.05, 0) is 38.8 Å². The highest BCUT2D eigenvalue weighted by Gasteiger charge is 2.35. The number of halogens is 3. The van der Waals surface area contributed by atoms with Crippen molar-refractivity contribution in [2.45, 2.75) is 50.4 Å². The van der Waals surface area contributed by atoms with E-state index in [0.29, 0.717) is 30.2 Å². The summed E-state index contributed by atoms with van der Waals surface area (Å²) in [4.78, 5) is 2.28. The lowest BCUT2D eigenvalue weighted by molar-refractivity contribution is 0.164. The van der Waals surface area contributed by atoms with Crippen molar-refractivity contribution in [1.82, 2.24) is 10.2 Å². The van der Waals surface area contributed by atoms with E-state index in [1.165, 1.54) is 25.7 Å². The number of rotatable bonds is 3. The Balaban J connectivity index is 0.00000147. The summed E-state index contributed by atoms with van der Waals surface area (Å²) in [7, 11) is 2.09. The van der Waals surface area contributed by atoms with Crippen LogP contribution in [0.1, 0.15) is 31.2 Å². The van der Waals surface area contributed by atoms with Crippen molar-refractivity contribution in [3.05, 3.63) is 34.6 Å². The van der Waals surface area contributed by atoms with Crippen LogP contribution in [-0.2, 0) is 6.54 Å². The van der Waals surface area contributed by atoms with Gasteiger partial charge in [0.2, 0.25) is 0 Å². The van der Waals surface area contributed by atoms with Crippen molar-refractivity contribution in [2.75, 3.05) is 7.05 Å². The van der Waals surface area contributed by atoms with Crippen LogP contribution in [-0.4, -0.2) is 30.1 Å². The molecular weight excluding hydrogens is 298 g/mol. The first-order chi connectivity index (χ1) is 9.13. The topological polar surface area (TPSA) is 15.3 Å². The lowest BCUT2D eigenvalue weighted by Crippen LogP contribution is -2.46. The van der Waals surface area contributed by atoms with E-state index in [9.17, 15) is 4.39 Å². The highest BCUT2D eigenvalue weighted by atomic mass is 35.5. The maximum atomic E-state index is 13.9. The second-order valence-corrected chi connectivity index (χ2v) is 6.30. The smallest absolute Gasteiger partial charge is 0.146 e. The molecule has 2 aliphatic heterocycles. The van der Waals surface area contributed by atoms with Gasteiger partial charge in [-0.1, -0.05) is 23.7 Å². The SMILES string of the molecule is CN(Cc1cccc(Cl)c1F)C1CC2CCC(C1)N2.Cl. The fourth-order valence-corrected chi connectivity index (χ4v) is 3.65. The monoisotopic (exact) mass is 318 g/mol. The van der Waals surface area contributed by atoms with Crippen LogP contribution in [0.2, 0.25) is 5.02 Å². The third-order valence-electron chi connectivity index (χ3n) is 4.52. The van der Waals surface area contributed by atoms with E-state index in [2.05, 4.69) is 17.3 Å². The van der Waals surface area contributed by atoms with Crippen molar-refractivity contribution >= 4 is 24.0 Å². The molecule has 20 heavy (non-hydrogen) atoms. The molecule has 1 aromatic rings. The summed E-state index contributed by atoms with van der Waals surface area (Å²) in [5.74, 6) is -0.270. The molecule has 112 valence electrons. The van der Waals surface area contributed by atoms with E-state index >= 15 is 0 Å². The lowest BCUT2D eigenvalue weighted by atomic mass is 9.98. The normalized spacial score (nSPS) is 28.5. The predicted molar refractivity (Wildman–Crippen MR) is 83.1 cm³/mol. The summed E-state index contributed by atoms with van der Waals surface area (Å²) in [6.07, 6.45) is 4.94. The Bertz CT molecular complexity index is 457. The first-order valence-corrected chi connectivity index (χ1v) is 7.40. The van der Waals surface area contributed by atoms with Crippen LogP contribution in [0.25, 0.3) is 0 Å². The van der Waals surface area contributed by atoms with Crippen molar-refractivity contribution in [1.29, 1.82) is 0 Å². The second-order valence-electron chi connectivity index (χ2n) is 5.89. The van der Waals surface area contributed by atoms with Gasteiger partial charge in [0, 0.05) is 30.2 Å². The minimum Gasteiger partial charge on any atom is -0.311 e. The zero-order valence-corrected chi connectivity index (χ0v) is 13.2. The van der Waals surface area contributed by atoms with Gasteiger partial charge in [-0.15, -0.1) is 12.4 Å². The average Bonchev–Trinajstić information content (AvgIpc) is 2.73. The quantitative estimate of drug-likeness (QED) is 0.915. The van der Waals surface area contributed by atoms with Gasteiger partial charge in [-0.25, -0.2) is 4.39 Å². The molecule has 2 heterocycles. The number of hydrogen-bond donors (Lipinski definition) is 1. The summed E-state index contributed by atoms with van der Waals surface area (Å²) >= 11 is 5.84. The molecule has 2 fully saturated rings. The first-order valence-electron chi connectivity index (χ1n) is 7.02. The van der Waals surface area contributed by atoms with Crippen LogP contribution in [0.3, 0.4) is 0 Å². The van der Waals surface area contributed by atoms with Crippen LogP contribution in [0.4, 0.5) is 4.39 Å². The Kier molecular flexibility index (Phi) is 5.30. The minimum absolute atomic E-state index is 0. The van der Waals surface area contributed by atoms with Crippen molar-refractivity contribution in [3.8, 4) is 0 Å². The molecule has 3 rings (SSSR count). The summed E-state index contributed by atoms with van der Waals surface area (Å²) in [6.45, 7) is 0.635. The molecule has 2 unspecified atom stereocenters. The van der Waals surface area contributed by atoms with Crippen molar-refractivity contribution < 1.29 is 4.39 Å². The first kappa shape index (κ1) is 16.0. The molecular formula is C15H21Cl2FN2. The molecule has 1 N–H and O–H groups in total. The summed E-state index contributed by atoms with van der Waals surface area (Å²) in [5, 5.41) is 3.86. The van der Waals surface area contributed by atoms with Gasteiger partial charge in [-0.2, -0.15) is 0 Å². The van der Waals surface area contributed by atoms with Crippen molar-refractivity contribution in [2.24, 2.45) is 0 Å². The molecule has 0 aliphatic carbocycles. The van der Waals surface area contributed by atoms with Crippen LogP contribution >= 0.6 is 24.0 Å². The number of piperidine rings is 1. The Labute approximate surface area is 131 Å². The summed E-state index contributed by atoms with van der Waals surface area (Å²) in [5.41, 5.74) is 0.695. The molecule has 2 nitrogen and oxygen atoms in total. The Morgan fingerprint density at radius 2 is 1.95 bits per heavy atom. The third kappa shape index (κ3) is 3.28. The zero-order chi connectivity index (χ0) is 13.4. The summed E-state index contributed by atoms with van der Waals surface area (Å²) in [6, 6.07) is 7.13. The van der Waals surface area contributed by atoms with Gasteiger partial charge in [-0.3, -0.25) is 4.90 Å². The molecule has 2 aliphatic rings. The fraction of sp³-hybridized carbons (Fsp3) is 0.600. The maximum Gasteiger partial charge on any atom is 0.146 e. The van der Waals surface area contributed by atoms with Crippen LogP contribution < -0.4 is 5.32 Å². The Morgan fingerprint density at radius 3 is 2.60 bits per heavy atom. The number of hydrogen-bond acceptors (Lipinski definition) is 2. The van der Waals surface area contributed by atoms with E-state index < -0.39 is 0 Å². The fourth-order valence-electron chi connectivity index (χ4n) is 3.46. The highest BCUT2D eigenvalue weighted by Crippen LogP contribution is 2.30. The summed E-state index contributed by atoms with van der Waals surface area (Å²) < 4.78 is 13.9. The predicted octanol–water partition coefficient (Wildman–Crippen LogP) is 3.62. The van der Waals surface area contributed by atoms with Gasteiger partial charge >= 0.3 is 0 Å². The Morgan fingerprint density at radius 1 is 1.30 bits per heavy atom. The standard InChI is InChI=1S/C15H20ClFN2.ClH/c1-19(9-10-3-2-4-14(16)15(10)17)13-7-11-5-6-12(8-13)18-11;/h2-4,11-13,18H,5-9H2,1H3;1H. The van der Waals surface area contributed by atoms with Gasteiger partial charge in [0.25, 0.3) is 0 Å². The number of benzene rings is 1. The Hall–Kier alpha value is -0.350. The molecule has 0 radical (unpaired) electrons. The van der Waals surface area contributed by atoms with Crippen molar-refractivity contribution in [3.63, 3.8) is 0 Å². The molecule has 1 aromatic carbocycles. The van der Waals surface area contributed by atoms with E-state index in [0.717, 1.165) is 0 Å². The van der Waals surface area contributed by atoms with Gasteiger partial charge in [0.05, 0.1) is 5.02 Å².